The van der Waals surface area contributed by atoms with Crippen LogP contribution in [0.1, 0.15) is 11.1 Å². The molecule has 0 radical (unpaired) electrons. The molecule has 0 unspecified atom stereocenters. The maximum atomic E-state index is 10.4. The molecule has 0 bridgehead atoms. The first-order valence-electron chi connectivity index (χ1n) is 12.8. The second kappa shape index (κ2) is 9.44. The summed E-state index contributed by atoms with van der Waals surface area (Å²) in [5.74, 6) is 0. The van der Waals surface area contributed by atoms with Gasteiger partial charge in [0.25, 0.3) is 0 Å². The molecule has 0 aliphatic rings. The van der Waals surface area contributed by atoms with Crippen LogP contribution in [0.5, 0.6) is 0 Å². The lowest BCUT2D eigenvalue weighted by molar-refractivity contribution is 1.29. The molecule has 184 valence electrons. The minimum atomic E-state index is 0.484. The van der Waals surface area contributed by atoms with Crippen molar-refractivity contribution >= 4 is 32.7 Å². The smallest absolute Gasteiger partial charge is 0.0999 e. The fourth-order valence-corrected chi connectivity index (χ4v) is 5.33. The lowest BCUT2D eigenvalue weighted by Crippen LogP contribution is -2.00. The Morgan fingerprint density at radius 1 is 0.475 bits per heavy atom. The number of fused-ring (bicyclic) bond motifs is 5. The predicted molar refractivity (Wildman–Crippen MR) is 158 cm³/mol. The van der Waals surface area contributed by atoms with Gasteiger partial charge in [0.05, 0.1) is 56.9 Å². The first-order chi connectivity index (χ1) is 19.8. The van der Waals surface area contributed by atoms with E-state index in [-0.39, 0.29) is 0 Å². The summed E-state index contributed by atoms with van der Waals surface area (Å²) in [4.78, 5) is 15.5. The van der Waals surface area contributed by atoms with Crippen molar-refractivity contribution in [3.63, 3.8) is 0 Å². The molecule has 7 aromatic rings. The molecule has 0 spiro atoms. The lowest BCUT2D eigenvalue weighted by Gasteiger charge is -2.16. The van der Waals surface area contributed by atoms with Crippen LogP contribution in [0.2, 0.25) is 0 Å². The molecule has 5 nitrogen and oxygen atoms in total. The van der Waals surface area contributed by atoms with Gasteiger partial charge in [0.1, 0.15) is 0 Å². The molecule has 0 aliphatic heterocycles. The van der Waals surface area contributed by atoms with Crippen LogP contribution in [0.4, 0.5) is 0 Å². The third-order valence-corrected chi connectivity index (χ3v) is 7.12. The van der Waals surface area contributed by atoms with Crippen LogP contribution in [-0.4, -0.2) is 15.0 Å². The van der Waals surface area contributed by atoms with Crippen molar-refractivity contribution in [2.45, 2.75) is 0 Å². The number of benzene rings is 5. The van der Waals surface area contributed by atoms with Crippen LogP contribution in [0.3, 0.4) is 0 Å². The highest BCUT2D eigenvalue weighted by atomic mass is 14.8. The zero-order valence-corrected chi connectivity index (χ0v) is 21.2. The van der Waals surface area contributed by atoms with Crippen molar-refractivity contribution in [1.82, 2.24) is 15.0 Å². The van der Waals surface area contributed by atoms with E-state index in [1.165, 1.54) is 0 Å². The third kappa shape index (κ3) is 3.66. The van der Waals surface area contributed by atoms with Gasteiger partial charge in [-0.25, -0.2) is 15.0 Å². The van der Waals surface area contributed by atoms with Crippen LogP contribution in [0.15, 0.2) is 115 Å². The number of aromatic nitrogens is 3. The van der Waals surface area contributed by atoms with E-state index in [9.17, 15) is 10.5 Å². The summed E-state index contributed by atoms with van der Waals surface area (Å²) in [6, 6.07) is 41.6. The van der Waals surface area contributed by atoms with Crippen molar-refractivity contribution in [3.05, 3.63) is 126 Å². The zero-order valence-electron chi connectivity index (χ0n) is 21.2. The maximum absolute atomic E-state index is 10.4. The van der Waals surface area contributed by atoms with Crippen molar-refractivity contribution in [3.8, 4) is 45.9 Å². The average molecular weight is 510 g/mol. The molecule has 0 amide bonds. The van der Waals surface area contributed by atoms with E-state index in [4.69, 9.17) is 15.0 Å². The topological polar surface area (TPSA) is 86.2 Å². The van der Waals surface area contributed by atoms with Crippen LogP contribution in [0, 0.1) is 22.7 Å². The first-order valence-corrected chi connectivity index (χ1v) is 12.8. The van der Waals surface area contributed by atoms with Crippen molar-refractivity contribution in [2.24, 2.45) is 0 Å². The number of hydrogen-bond donors (Lipinski definition) is 0. The Balaban J connectivity index is 1.73. The highest BCUT2D eigenvalue weighted by Crippen LogP contribution is 2.41. The van der Waals surface area contributed by atoms with Gasteiger partial charge < -0.3 is 0 Å². The fraction of sp³-hybridized carbons (Fsp3) is 0. The second-order valence-corrected chi connectivity index (χ2v) is 9.44. The molecule has 0 fully saturated rings. The van der Waals surface area contributed by atoms with Crippen LogP contribution in [-0.2, 0) is 0 Å². The van der Waals surface area contributed by atoms with E-state index in [0.717, 1.165) is 38.8 Å². The predicted octanol–water partition coefficient (Wildman–Crippen LogP) is 8.08. The standard InChI is InChI=1S/C35H19N5/c36-20-24-15-7-8-16-26(24)34-31-30(27-17-9-10-18-28(27)38-34)25(21-37)19-29-35(31)40-33(23-13-5-2-6-14-23)32(39-29)22-11-3-1-4-12-22/h1-19H. The first kappa shape index (κ1) is 23.2. The molecule has 0 aliphatic carbocycles. The molecule has 5 heteroatoms. The molecule has 2 heterocycles. The molecular formula is C35H19N5. The lowest BCUT2D eigenvalue weighted by atomic mass is 9.93. The summed E-state index contributed by atoms with van der Waals surface area (Å²) in [5, 5.41) is 22.7. The highest BCUT2D eigenvalue weighted by Gasteiger charge is 2.22. The van der Waals surface area contributed by atoms with Gasteiger partial charge in [-0.05, 0) is 18.2 Å². The second-order valence-electron chi connectivity index (χ2n) is 9.44. The summed E-state index contributed by atoms with van der Waals surface area (Å²) in [5.41, 5.74) is 7.57. The maximum Gasteiger partial charge on any atom is 0.0999 e. The molecule has 0 saturated carbocycles. The van der Waals surface area contributed by atoms with Gasteiger partial charge in [-0.2, -0.15) is 10.5 Å². The summed E-state index contributed by atoms with van der Waals surface area (Å²) >= 11 is 0. The van der Waals surface area contributed by atoms with Crippen LogP contribution in [0.25, 0.3) is 66.5 Å². The quantitative estimate of drug-likeness (QED) is 0.225. The fourth-order valence-electron chi connectivity index (χ4n) is 5.33. The Kier molecular flexibility index (Phi) is 5.48. The molecule has 0 N–H and O–H groups in total. The van der Waals surface area contributed by atoms with Gasteiger partial charge in [0, 0.05) is 32.8 Å². The van der Waals surface area contributed by atoms with E-state index in [2.05, 4.69) is 12.1 Å². The van der Waals surface area contributed by atoms with Gasteiger partial charge in [-0.15, -0.1) is 0 Å². The third-order valence-electron chi connectivity index (χ3n) is 7.12. The van der Waals surface area contributed by atoms with Gasteiger partial charge in [0.2, 0.25) is 0 Å². The summed E-state index contributed by atoms with van der Waals surface area (Å²) in [6.07, 6.45) is 0. The average Bonchev–Trinajstić information content (AvgIpc) is 3.04. The molecule has 40 heavy (non-hydrogen) atoms. The summed E-state index contributed by atoms with van der Waals surface area (Å²) in [7, 11) is 0. The molecule has 2 aromatic heterocycles. The molecule has 5 aromatic carbocycles. The zero-order chi connectivity index (χ0) is 27.1. The Bertz CT molecular complexity index is 2170. The number of rotatable bonds is 3. The number of nitriles is 2. The normalized spacial score (nSPS) is 10.9. The Hall–Kier alpha value is -5.91. The monoisotopic (exact) mass is 509 g/mol. The van der Waals surface area contributed by atoms with E-state index in [0.29, 0.717) is 38.8 Å². The Morgan fingerprint density at radius 3 is 1.75 bits per heavy atom. The number of hydrogen-bond acceptors (Lipinski definition) is 5. The van der Waals surface area contributed by atoms with E-state index in [1.54, 1.807) is 6.07 Å². The minimum Gasteiger partial charge on any atom is -0.247 e. The van der Waals surface area contributed by atoms with Crippen LogP contribution < -0.4 is 0 Å². The van der Waals surface area contributed by atoms with E-state index in [1.807, 2.05) is 109 Å². The number of para-hydroxylation sites is 1. The molecule has 0 atom stereocenters. The largest absolute Gasteiger partial charge is 0.247 e. The van der Waals surface area contributed by atoms with Gasteiger partial charge in [-0.3, -0.25) is 0 Å². The van der Waals surface area contributed by atoms with Crippen molar-refractivity contribution in [2.75, 3.05) is 0 Å². The summed E-state index contributed by atoms with van der Waals surface area (Å²) < 4.78 is 0. The van der Waals surface area contributed by atoms with E-state index < -0.39 is 0 Å². The van der Waals surface area contributed by atoms with Crippen LogP contribution >= 0.6 is 0 Å². The molecule has 0 saturated heterocycles. The van der Waals surface area contributed by atoms with E-state index >= 15 is 0 Å². The Morgan fingerprint density at radius 2 is 1.05 bits per heavy atom. The Labute approximate surface area is 230 Å². The van der Waals surface area contributed by atoms with Gasteiger partial charge in [-0.1, -0.05) is 97.1 Å². The van der Waals surface area contributed by atoms with Crippen molar-refractivity contribution < 1.29 is 0 Å². The minimum absolute atomic E-state index is 0.484. The highest BCUT2D eigenvalue weighted by molar-refractivity contribution is 6.22. The summed E-state index contributed by atoms with van der Waals surface area (Å²) in [6.45, 7) is 0. The van der Waals surface area contributed by atoms with Gasteiger partial charge >= 0.3 is 0 Å². The number of nitrogens with zero attached hydrogens (tertiary/aromatic N) is 5. The molecular weight excluding hydrogens is 490 g/mol. The van der Waals surface area contributed by atoms with Crippen molar-refractivity contribution in [1.29, 1.82) is 10.5 Å². The SMILES string of the molecule is N#Cc1ccccc1-c1nc2ccccc2c2c(C#N)cc3nc(-c4ccccc4)c(-c4ccccc4)nc3c12. The number of pyridine rings is 1. The van der Waals surface area contributed by atoms with Gasteiger partial charge in [0.15, 0.2) is 0 Å². The molecule has 7 rings (SSSR count).